The van der Waals surface area contributed by atoms with Crippen LogP contribution in [0.5, 0.6) is 5.88 Å². The van der Waals surface area contributed by atoms with Crippen molar-refractivity contribution in [2.24, 2.45) is 5.92 Å². The first-order valence-electron chi connectivity index (χ1n) is 6.98. The summed E-state index contributed by atoms with van der Waals surface area (Å²) in [4.78, 5) is 4.53. The molecule has 1 aliphatic rings. The van der Waals surface area contributed by atoms with E-state index in [1.165, 1.54) is 12.8 Å². The second-order valence-corrected chi connectivity index (χ2v) is 5.62. The molecule has 2 rings (SSSR count). The fourth-order valence-electron chi connectivity index (χ4n) is 2.24. The van der Waals surface area contributed by atoms with Gasteiger partial charge in [0.05, 0.1) is 6.61 Å². The molecule has 1 aromatic heterocycles. The molecular formula is C15H24N2O. The summed E-state index contributed by atoms with van der Waals surface area (Å²) in [5.41, 5.74) is 1.10. The quantitative estimate of drug-likeness (QED) is 0.889. The first-order valence-corrected chi connectivity index (χ1v) is 6.98. The van der Waals surface area contributed by atoms with Crippen molar-refractivity contribution in [3.63, 3.8) is 0 Å². The average Bonchev–Trinajstić information content (AvgIpc) is 2.38. The summed E-state index contributed by atoms with van der Waals surface area (Å²) >= 11 is 0. The van der Waals surface area contributed by atoms with E-state index in [9.17, 15) is 0 Å². The van der Waals surface area contributed by atoms with Gasteiger partial charge in [-0.25, -0.2) is 4.98 Å². The van der Waals surface area contributed by atoms with Crippen molar-refractivity contribution in [3.05, 3.63) is 23.9 Å². The van der Waals surface area contributed by atoms with Gasteiger partial charge in [0.2, 0.25) is 5.88 Å². The van der Waals surface area contributed by atoms with Gasteiger partial charge in [-0.1, -0.05) is 19.9 Å². The molecule has 1 saturated heterocycles. The average molecular weight is 248 g/mol. The normalized spacial score (nSPS) is 24.2. The van der Waals surface area contributed by atoms with Gasteiger partial charge in [-0.3, -0.25) is 0 Å². The monoisotopic (exact) mass is 248 g/mol. The number of ether oxygens (including phenoxy) is 1. The highest BCUT2D eigenvalue weighted by Crippen LogP contribution is 2.18. The van der Waals surface area contributed by atoms with Gasteiger partial charge in [-0.05, 0) is 31.7 Å². The van der Waals surface area contributed by atoms with Crippen LogP contribution in [-0.2, 0) is 0 Å². The van der Waals surface area contributed by atoms with Crippen molar-refractivity contribution < 1.29 is 4.74 Å². The van der Waals surface area contributed by atoms with Crippen LogP contribution in [0.2, 0.25) is 0 Å². The molecule has 1 fully saturated rings. The Morgan fingerprint density at radius 1 is 1.39 bits per heavy atom. The van der Waals surface area contributed by atoms with Crippen LogP contribution in [0.1, 0.15) is 45.2 Å². The van der Waals surface area contributed by atoms with E-state index < -0.39 is 0 Å². The van der Waals surface area contributed by atoms with E-state index in [4.69, 9.17) is 4.74 Å². The van der Waals surface area contributed by atoms with Crippen molar-refractivity contribution in [3.8, 4) is 5.88 Å². The second kappa shape index (κ2) is 6.19. The zero-order valence-electron chi connectivity index (χ0n) is 11.6. The van der Waals surface area contributed by atoms with Crippen LogP contribution in [-0.4, -0.2) is 24.2 Å². The van der Waals surface area contributed by atoms with Crippen LogP contribution >= 0.6 is 0 Å². The lowest BCUT2D eigenvalue weighted by Crippen LogP contribution is -2.39. The minimum Gasteiger partial charge on any atom is -0.477 e. The maximum atomic E-state index is 5.82. The van der Waals surface area contributed by atoms with Gasteiger partial charge in [0, 0.05) is 30.3 Å². The second-order valence-electron chi connectivity index (χ2n) is 5.62. The molecule has 3 nitrogen and oxygen atoms in total. The number of piperidine rings is 1. The maximum Gasteiger partial charge on any atom is 0.213 e. The lowest BCUT2D eigenvalue weighted by Gasteiger charge is -2.27. The third-order valence-electron chi connectivity index (χ3n) is 3.57. The zero-order chi connectivity index (χ0) is 13.0. The van der Waals surface area contributed by atoms with Crippen molar-refractivity contribution in [2.75, 3.05) is 13.2 Å². The third kappa shape index (κ3) is 3.70. The molecule has 0 amide bonds. The van der Waals surface area contributed by atoms with Crippen molar-refractivity contribution in [1.29, 1.82) is 0 Å². The molecular weight excluding hydrogens is 224 g/mol. The van der Waals surface area contributed by atoms with Crippen LogP contribution in [0.4, 0.5) is 0 Å². The lowest BCUT2D eigenvalue weighted by atomic mass is 9.96. The van der Waals surface area contributed by atoms with E-state index in [2.05, 4.69) is 37.1 Å². The number of hydrogen-bond acceptors (Lipinski definition) is 3. The largest absolute Gasteiger partial charge is 0.477 e. The zero-order valence-corrected chi connectivity index (χ0v) is 11.6. The molecule has 1 aromatic rings. The molecule has 0 unspecified atom stereocenters. The van der Waals surface area contributed by atoms with E-state index >= 15 is 0 Å². The van der Waals surface area contributed by atoms with E-state index in [0.29, 0.717) is 17.9 Å². The molecule has 0 radical (unpaired) electrons. The molecule has 18 heavy (non-hydrogen) atoms. The van der Waals surface area contributed by atoms with Gasteiger partial charge in [0.25, 0.3) is 0 Å². The summed E-state index contributed by atoms with van der Waals surface area (Å²) < 4.78 is 5.82. The van der Waals surface area contributed by atoms with Crippen LogP contribution in [0.25, 0.3) is 0 Å². The molecule has 2 heterocycles. The summed E-state index contributed by atoms with van der Waals surface area (Å²) in [6, 6.07) is 6.69. The predicted octanol–water partition coefficient (Wildman–Crippen LogP) is 2.97. The third-order valence-corrected chi connectivity index (χ3v) is 3.57. The van der Waals surface area contributed by atoms with Gasteiger partial charge < -0.3 is 10.1 Å². The SMILES string of the molecule is CC(C)c1cccc(OC[C@@H]2CC[C@@H](C)NC2)n1. The molecule has 100 valence electrons. The first kappa shape index (κ1) is 13.3. The summed E-state index contributed by atoms with van der Waals surface area (Å²) in [5.74, 6) is 1.83. The molecule has 1 N–H and O–H groups in total. The van der Waals surface area contributed by atoms with Crippen LogP contribution in [0.3, 0.4) is 0 Å². The number of aromatic nitrogens is 1. The summed E-state index contributed by atoms with van der Waals surface area (Å²) in [5, 5.41) is 3.50. The van der Waals surface area contributed by atoms with Crippen molar-refractivity contribution in [1.82, 2.24) is 10.3 Å². The highest BCUT2D eigenvalue weighted by atomic mass is 16.5. The number of nitrogens with zero attached hydrogens (tertiary/aromatic N) is 1. The molecule has 1 aliphatic heterocycles. The van der Waals surface area contributed by atoms with Crippen LogP contribution in [0.15, 0.2) is 18.2 Å². The summed E-state index contributed by atoms with van der Waals surface area (Å²) in [7, 11) is 0. The predicted molar refractivity (Wildman–Crippen MR) is 74.0 cm³/mol. The standard InChI is InChI=1S/C15H24N2O/c1-11(2)14-5-4-6-15(17-14)18-10-13-8-7-12(3)16-9-13/h4-6,11-13,16H,7-10H2,1-3H3/t12-,13-/m1/s1. The maximum absolute atomic E-state index is 5.82. The van der Waals surface area contributed by atoms with E-state index in [0.717, 1.165) is 24.7 Å². The van der Waals surface area contributed by atoms with Gasteiger partial charge in [0.1, 0.15) is 0 Å². The number of hydrogen-bond donors (Lipinski definition) is 1. The Morgan fingerprint density at radius 2 is 2.22 bits per heavy atom. The summed E-state index contributed by atoms with van der Waals surface area (Å²) in [6.07, 6.45) is 2.49. The Hall–Kier alpha value is -1.09. The number of rotatable bonds is 4. The summed E-state index contributed by atoms with van der Waals surface area (Å²) in [6.45, 7) is 8.38. The van der Waals surface area contributed by atoms with Gasteiger partial charge in [-0.2, -0.15) is 0 Å². The first-order chi connectivity index (χ1) is 8.65. The Morgan fingerprint density at radius 3 is 2.89 bits per heavy atom. The smallest absolute Gasteiger partial charge is 0.213 e. The Kier molecular flexibility index (Phi) is 4.59. The molecule has 3 heteroatoms. The lowest BCUT2D eigenvalue weighted by molar-refractivity contribution is 0.198. The number of nitrogens with one attached hydrogen (secondary N) is 1. The van der Waals surface area contributed by atoms with Gasteiger partial charge in [0.15, 0.2) is 0 Å². The van der Waals surface area contributed by atoms with Gasteiger partial charge >= 0.3 is 0 Å². The number of pyridine rings is 1. The Balaban J connectivity index is 1.84. The van der Waals surface area contributed by atoms with Gasteiger partial charge in [-0.15, -0.1) is 0 Å². The molecule has 2 atom stereocenters. The topological polar surface area (TPSA) is 34.1 Å². The fourth-order valence-corrected chi connectivity index (χ4v) is 2.24. The van der Waals surface area contributed by atoms with Crippen molar-refractivity contribution >= 4 is 0 Å². The highest BCUT2D eigenvalue weighted by molar-refractivity contribution is 5.17. The fraction of sp³-hybridized carbons (Fsp3) is 0.667. The van der Waals surface area contributed by atoms with Crippen LogP contribution in [0, 0.1) is 5.92 Å². The Labute approximate surface area is 110 Å². The van der Waals surface area contributed by atoms with Crippen molar-refractivity contribution in [2.45, 2.75) is 45.6 Å². The molecule has 0 aromatic carbocycles. The van der Waals surface area contributed by atoms with Crippen LogP contribution < -0.4 is 10.1 Å². The van der Waals surface area contributed by atoms with E-state index in [1.54, 1.807) is 0 Å². The minimum atomic E-state index is 0.450. The molecule has 0 spiro atoms. The van der Waals surface area contributed by atoms with E-state index in [1.807, 2.05) is 12.1 Å². The van der Waals surface area contributed by atoms with E-state index in [-0.39, 0.29) is 0 Å². The minimum absolute atomic E-state index is 0.450. The highest BCUT2D eigenvalue weighted by Gasteiger charge is 2.18. The Bertz CT molecular complexity index is 371. The molecule has 0 bridgehead atoms. The molecule has 0 aliphatic carbocycles. The molecule has 0 saturated carbocycles.